The van der Waals surface area contributed by atoms with Gasteiger partial charge >= 0.3 is 5.97 Å². The Bertz CT molecular complexity index is 460. The van der Waals surface area contributed by atoms with Crippen molar-refractivity contribution in [2.24, 2.45) is 5.73 Å². The zero-order chi connectivity index (χ0) is 12.7. The highest BCUT2D eigenvalue weighted by Crippen LogP contribution is 2.41. The number of carbonyl (C=O) groups is 2. The van der Waals surface area contributed by atoms with Crippen molar-refractivity contribution in [1.29, 1.82) is 0 Å². The van der Waals surface area contributed by atoms with Crippen molar-refractivity contribution in [2.75, 3.05) is 5.75 Å². The fourth-order valence-corrected chi connectivity index (χ4v) is 3.42. The van der Waals surface area contributed by atoms with Gasteiger partial charge in [-0.3, -0.25) is 9.69 Å². The van der Waals surface area contributed by atoms with Crippen LogP contribution in [-0.4, -0.2) is 39.1 Å². The molecule has 0 aromatic rings. The summed E-state index contributed by atoms with van der Waals surface area (Å²) < 4.78 is 0. The summed E-state index contributed by atoms with van der Waals surface area (Å²) in [7, 11) is 0. The summed E-state index contributed by atoms with van der Waals surface area (Å²) in [4.78, 5) is 24.1. The summed E-state index contributed by atoms with van der Waals surface area (Å²) in [6.45, 7) is 1.72. The van der Waals surface area contributed by atoms with Crippen molar-refractivity contribution in [3.05, 3.63) is 22.4 Å². The van der Waals surface area contributed by atoms with E-state index in [1.54, 1.807) is 13.0 Å². The molecule has 1 unspecified atom stereocenters. The van der Waals surface area contributed by atoms with E-state index in [0.717, 1.165) is 0 Å². The lowest BCUT2D eigenvalue weighted by Gasteiger charge is -2.47. The topological polar surface area (TPSA) is 83.6 Å². The first-order valence-corrected chi connectivity index (χ1v) is 6.40. The van der Waals surface area contributed by atoms with Crippen LogP contribution in [0.4, 0.5) is 0 Å². The van der Waals surface area contributed by atoms with Crippen molar-refractivity contribution in [3.63, 3.8) is 0 Å². The number of hydrogen-bond acceptors (Lipinski definition) is 4. The Morgan fingerprint density at radius 3 is 2.88 bits per heavy atom. The van der Waals surface area contributed by atoms with Crippen molar-refractivity contribution in [1.82, 2.24) is 4.90 Å². The Balaban J connectivity index is 2.47. The van der Waals surface area contributed by atoms with Gasteiger partial charge in [-0.2, -0.15) is 0 Å². The lowest BCUT2D eigenvalue weighted by Crippen LogP contribution is -2.68. The third-order valence-corrected chi connectivity index (χ3v) is 4.50. The molecule has 0 aliphatic carbocycles. The number of fused-ring (bicyclic) bond motifs is 1. The number of hydrogen-bond donors (Lipinski definition) is 2. The molecule has 2 aliphatic rings. The van der Waals surface area contributed by atoms with E-state index >= 15 is 0 Å². The van der Waals surface area contributed by atoms with Gasteiger partial charge in [-0.1, -0.05) is 17.7 Å². The van der Waals surface area contributed by atoms with E-state index < -0.39 is 12.0 Å². The molecule has 7 heteroatoms. The Morgan fingerprint density at radius 2 is 2.35 bits per heavy atom. The number of rotatable bonds is 2. The van der Waals surface area contributed by atoms with Crippen molar-refractivity contribution < 1.29 is 14.7 Å². The molecule has 0 aromatic carbocycles. The Labute approximate surface area is 107 Å². The third kappa shape index (κ3) is 1.76. The summed E-state index contributed by atoms with van der Waals surface area (Å²) in [5, 5.41) is 9.28. The minimum atomic E-state index is -1.15. The molecule has 0 bridgehead atoms. The Morgan fingerprint density at radius 1 is 1.71 bits per heavy atom. The highest BCUT2D eigenvalue weighted by Gasteiger charge is 2.51. The van der Waals surface area contributed by atoms with Gasteiger partial charge in [0.05, 0.1) is 0 Å². The first-order chi connectivity index (χ1) is 7.99. The summed E-state index contributed by atoms with van der Waals surface area (Å²) in [6, 6.07) is -0.611. The lowest BCUT2D eigenvalue weighted by atomic mass is 10.0. The summed E-state index contributed by atoms with van der Waals surface area (Å²) in [6.07, 6.45) is 1.62. The number of carboxylic acids is 1. The predicted octanol–water partition coefficient (Wildman–Crippen LogP) is 0.710. The summed E-state index contributed by atoms with van der Waals surface area (Å²) in [5.41, 5.74) is 6.05. The van der Waals surface area contributed by atoms with E-state index in [2.05, 4.69) is 0 Å². The molecular weight excluding hydrogens is 264 g/mol. The number of allylic oxidation sites excluding steroid dienone is 2. The smallest absolute Gasteiger partial charge is 0.353 e. The average Bonchev–Trinajstić information content (AvgIpc) is 2.34. The number of halogens is 1. The highest BCUT2D eigenvalue weighted by atomic mass is 35.5. The minimum absolute atomic E-state index is 0.0384. The van der Waals surface area contributed by atoms with Crippen LogP contribution in [0.5, 0.6) is 0 Å². The van der Waals surface area contributed by atoms with E-state index in [0.29, 0.717) is 16.4 Å². The molecule has 0 aromatic heterocycles. The van der Waals surface area contributed by atoms with Crippen LogP contribution in [0.15, 0.2) is 22.4 Å². The van der Waals surface area contributed by atoms with Gasteiger partial charge in [-0.25, -0.2) is 4.79 Å². The largest absolute Gasteiger partial charge is 0.477 e. The molecule has 2 atom stereocenters. The zero-order valence-electron chi connectivity index (χ0n) is 9.01. The molecule has 92 valence electrons. The number of nitrogens with zero attached hydrogens (tertiary/aromatic N) is 1. The summed E-state index contributed by atoms with van der Waals surface area (Å²) >= 11 is 7.39. The van der Waals surface area contributed by atoms with E-state index in [9.17, 15) is 14.7 Å². The van der Waals surface area contributed by atoms with Crippen LogP contribution in [0.3, 0.4) is 0 Å². The predicted molar refractivity (Wildman–Crippen MR) is 65.3 cm³/mol. The Kier molecular flexibility index (Phi) is 3.20. The maximum Gasteiger partial charge on any atom is 0.353 e. The fraction of sp³-hybridized carbons (Fsp3) is 0.400. The molecule has 1 amide bonds. The maximum atomic E-state index is 11.6. The first kappa shape index (κ1) is 12.5. The maximum absolute atomic E-state index is 11.6. The van der Waals surface area contributed by atoms with Crippen molar-refractivity contribution >= 4 is 35.2 Å². The van der Waals surface area contributed by atoms with Gasteiger partial charge in [0.25, 0.3) is 0 Å². The van der Waals surface area contributed by atoms with Gasteiger partial charge in [0.1, 0.15) is 17.1 Å². The molecule has 0 radical (unpaired) electrons. The van der Waals surface area contributed by atoms with E-state index in [1.807, 2.05) is 0 Å². The molecule has 2 heterocycles. The number of nitrogens with two attached hydrogens (primary N) is 1. The molecule has 2 aliphatic heterocycles. The molecule has 3 N–H and O–H groups in total. The second kappa shape index (κ2) is 4.36. The van der Waals surface area contributed by atoms with Crippen LogP contribution in [-0.2, 0) is 9.59 Å². The molecule has 0 spiro atoms. The van der Waals surface area contributed by atoms with Crippen LogP contribution in [0.25, 0.3) is 0 Å². The highest BCUT2D eigenvalue weighted by molar-refractivity contribution is 8.00. The molecular formula is C10H11ClN2O3S. The SMILES string of the molecule is C/C=C(/Cl)C1=C(C(=O)O)N2C(=O)C(N)[C@H]2SC1. The summed E-state index contributed by atoms with van der Waals surface area (Å²) in [5.74, 6) is -1.06. The average molecular weight is 275 g/mol. The van der Waals surface area contributed by atoms with Crippen molar-refractivity contribution in [3.8, 4) is 0 Å². The van der Waals surface area contributed by atoms with Gasteiger partial charge < -0.3 is 10.8 Å². The van der Waals surface area contributed by atoms with E-state index in [4.69, 9.17) is 17.3 Å². The van der Waals surface area contributed by atoms with Crippen LogP contribution < -0.4 is 5.73 Å². The number of thioether (sulfide) groups is 1. The standard InChI is InChI=1S/C10H11ClN2O3S/c1-2-5(11)4-3-17-9-6(12)8(14)13(9)7(4)10(15)16/h2,6,9H,3,12H2,1H3,(H,15,16)/b5-2+/t6?,9-/m1/s1. The van der Waals surface area contributed by atoms with Gasteiger partial charge in [0.2, 0.25) is 5.91 Å². The van der Waals surface area contributed by atoms with Crippen LogP contribution in [0, 0.1) is 0 Å². The molecule has 1 fully saturated rings. The molecule has 1 saturated heterocycles. The second-order valence-corrected chi connectivity index (χ2v) is 5.22. The van der Waals surface area contributed by atoms with Gasteiger partial charge in [-0.05, 0) is 6.92 Å². The second-order valence-electron chi connectivity index (χ2n) is 3.70. The zero-order valence-corrected chi connectivity index (χ0v) is 10.6. The number of aliphatic carboxylic acids is 1. The first-order valence-electron chi connectivity index (χ1n) is 4.98. The molecule has 0 saturated carbocycles. The quantitative estimate of drug-likeness (QED) is 0.725. The molecule has 17 heavy (non-hydrogen) atoms. The number of amides is 1. The number of carboxylic acid groups (broad SMARTS) is 1. The number of carbonyl (C=O) groups excluding carboxylic acids is 1. The molecule has 2 rings (SSSR count). The Hall–Kier alpha value is -0.980. The van der Waals surface area contributed by atoms with Gasteiger partial charge in [0.15, 0.2) is 0 Å². The monoisotopic (exact) mass is 274 g/mol. The lowest BCUT2D eigenvalue weighted by molar-refractivity contribution is -0.147. The molecule has 5 nitrogen and oxygen atoms in total. The minimum Gasteiger partial charge on any atom is -0.477 e. The normalized spacial score (nSPS) is 29.0. The van der Waals surface area contributed by atoms with Crippen LogP contribution >= 0.6 is 23.4 Å². The van der Waals surface area contributed by atoms with Gasteiger partial charge in [-0.15, -0.1) is 11.8 Å². The third-order valence-electron chi connectivity index (χ3n) is 2.75. The van der Waals surface area contributed by atoms with Crippen molar-refractivity contribution in [2.45, 2.75) is 18.3 Å². The van der Waals surface area contributed by atoms with E-state index in [1.165, 1.54) is 16.7 Å². The van der Waals surface area contributed by atoms with Gasteiger partial charge in [0, 0.05) is 16.4 Å². The fourth-order valence-electron chi connectivity index (χ4n) is 1.87. The number of β-lactam (4-membered cyclic amide) rings is 1. The van der Waals surface area contributed by atoms with E-state index in [-0.39, 0.29) is 17.0 Å². The van der Waals surface area contributed by atoms with Crippen LogP contribution in [0.2, 0.25) is 0 Å². The van der Waals surface area contributed by atoms with Crippen LogP contribution in [0.1, 0.15) is 6.92 Å².